The van der Waals surface area contributed by atoms with Crippen molar-refractivity contribution in [2.24, 2.45) is 0 Å². The molecule has 0 saturated carbocycles. The second kappa shape index (κ2) is 6.64. The quantitative estimate of drug-likeness (QED) is 0.399. The van der Waals surface area contributed by atoms with Crippen LogP contribution in [0.1, 0.15) is 13.8 Å². The van der Waals surface area contributed by atoms with Gasteiger partial charge in [-0.2, -0.15) is 0 Å². The number of fused-ring (bicyclic) bond motifs is 1. The van der Waals surface area contributed by atoms with Gasteiger partial charge in [0.2, 0.25) is 0 Å². The number of hydrogen-bond donors (Lipinski definition) is 0. The predicted molar refractivity (Wildman–Crippen MR) is 82.5 cm³/mol. The molecule has 0 aliphatic rings. The van der Waals surface area contributed by atoms with Crippen LogP contribution < -0.4 is 9.47 Å². The van der Waals surface area contributed by atoms with Crippen molar-refractivity contribution in [2.75, 3.05) is 0 Å². The Morgan fingerprint density at radius 3 is 1.38 bits per heavy atom. The van der Waals surface area contributed by atoms with Crippen molar-refractivity contribution in [3.05, 3.63) is 24.3 Å². The Kier molecular flexibility index (Phi) is 5.05. The van der Waals surface area contributed by atoms with Gasteiger partial charge in [0.15, 0.2) is 0 Å². The predicted octanol–water partition coefficient (Wildman–Crippen LogP) is 0.499. The first kappa shape index (κ1) is 19.8. The molecule has 0 radical (unpaired) electrons. The van der Waals surface area contributed by atoms with Gasteiger partial charge in [-0.25, -0.2) is 16.8 Å². The van der Waals surface area contributed by atoms with Crippen LogP contribution in [0.2, 0.25) is 0 Å². The van der Waals surface area contributed by atoms with Crippen LogP contribution in [0.3, 0.4) is 0 Å². The van der Waals surface area contributed by atoms with Crippen LogP contribution in [0.15, 0.2) is 34.1 Å². The van der Waals surface area contributed by atoms with E-state index in [4.69, 9.17) is 9.47 Å². The van der Waals surface area contributed by atoms with Crippen LogP contribution in [0, 0.1) is 0 Å². The SMILES string of the molecule is CC(=O)Oc1cc(S(=O)(=O)[O-])cc2cc(S(=O)(=O)[O-])cc(OC(C)=O)c12. The van der Waals surface area contributed by atoms with Crippen LogP contribution in [0.25, 0.3) is 10.8 Å². The van der Waals surface area contributed by atoms with Gasteiger partial charge in [-0.3, -0.25) is 9.59 Å². The lowest BCUT2D eigenvalue weighted by atomic mass is 10.1. The highest BCUT2D eigenvalue weighted by Crippen LogP contribution is 2.38. The van der Waals surface area contributed by atoms with Crippen molar-refractivity contribution >= 4 is 42.9 Å². The van der Waals surface area contributed by atoms with Gasteiger partial charge in [0.1, 0.15) is 31.7 Å². The molecule has 0 saturated heterocycles. The summed E-state index contributed by atoms with van der Waals surface area (Å²) in [4.78, 5) is 20.9. The van der Waals surface area contributed by atoms with E-state index in [0.717, 1.165) is 38.1 Å². The van der Waals surface area contributed by atoms with Crippen molar-refractivity contribution in [3.8, 4) is 11.5 Å². The standard InChI is InChI=1S/C14H12O10S2/c1-7(15)23-12-5-10(25(17,18)19)3-9-4-11(26(20,21)22)6-13(14(9)12)24-8(2)16/h3-6H,1-2H3,(H,17,18,19)(H,20,21,22)/p-2. The molecule has 0 unspecified atom stereocenters. The zero-order valence-electron chi connectivity index (χ0n) is 13.2. The minimum Gasteiger partial charge on any atom is -0.744 e. The highest BCUT2D eigenvalue weighted by Gasteiger charge is 2.19. The van der Waals surface area contributed by atoms with Crippen LogP contribution >= 0.6 is 0 Å². The maximum absolute atomic E-state index is 11.3. The summed E-state index contributed by atoms with van der Waals surface area (Å²) in [5.74, 6) is -2.70. The Hall–Kier alpha value is -2.54. The minimum absolute atomic E-state index is 0.171. The fraction of sp³-hybridized carbons (Fsp3) is 0.143. The first-order valence-corrected chi connectivity index (χ1v) is 9.51. The molecular weight excluding hydrogens is 392 g/mol. The van der Waals surface area contributed by atoms with Gasteiger partial charge in [0, 0.05) is 13.8 Å². The number of carbonyl (C=O) groups excluding carboxylic acids is 2. The Morgan fingerprint density at radius 1 is 0.769 bits per heavy atom. The van der Waals surface area contributed by atoms with Gasteiger partial charge >= 0.3 is 11.9 Å². The van der Waals surface area contributed by atoms with E-state index in [1.54, 1.807) is 0 Å². The Labute approximate surface area is 147 Å². The lowest BCUT2D eigenvalue weighted by Gasteiger charge is -2.17. The molecular formula is C14H10O10S2-2. The Bertz CT molecular complexity index is 1040. The van der Waals surface area contributed by atoms with E-state index in [1.165, 1.54) is 0 Å². The highest BCUT2D eigenvalue weighted by atomic mass is 32.2. The van der Waals surface area contributed by atoms with Crippen molar-refractivity contribution in [1.82, 2.24) is 0 Å². The fourth-order valence-corrected chi connectivity index (χ4v) is 3.19. The maximum atomic E-state index is 11.3. The number of ether oxygens (including phenoxy) is 2. The molecule has 0 fully saturated rings. The van der Waals surface area contributed by atoms with Crippen molar-refractivity contribution in [1.29, 1.82) is 0 Å². The normalized spacial score (nSPS) is 12.0. The van der Waals surface area contributed by atoms with Crippen LogP contribution in [0.5, 0.6) is 11.5 Å². The first-order valence-electron chi connectivity index (χ1n) is 6.69. The van der Waals surface area contributed by atoms with E-state index in [2.05, 4.69) is 0 Å². The molecule has 0 spiro atoms. The van der Waals surface area contributed by atoms with E-state index < -0.39 is 53.5 Å². The van der Waals surface area contributed by atoms with Crippen LogP contribution in [-0.2, 0) is 29.8 Å². The molecule has 12 heteroatoms. The average Bonchev–Trinajstić information content (AvgIpc) is 2.43. The van der Waals surface area contributed by atoms with Crippen LogP contribution in [-0.4, -0.2) is 37.9 Å². The fourth-order valence-electron chi connectivity index (χ4n) is 2.14. The summed E-state index contributed by atoms with van der Waals surface area (Å²) in [5, 5.41) is -0.443. The molecule has 0 aromatic heterocycles. The average molecular weight is 402 g/mol. The molecule has 2 rings (SSSR count). The van der Waals surface area contributed by atoms with Gasteiger partial charge in [0.25, 0.3) is 0 Å². The van der Waals surface area contributed by atoms with Crippen molar-refractivity contribution < 1.29 is 45.0 Å². The molecule has 10 nitrogen and oxygen atoms in total. The molecule has 0 atom stereocenters. The van der Waals surface area contributed by atoms with E-state index in [-0.39, 0.29) is 10.8 Å². The lowest BCUT2D eigenvalue weighted by Crippen LogP contribution is -2.08. The van der Waals surface area contributed by atoms with Gasteiger partial charge in [-0.05, 0) is 29.7 Å². The second-order valence-corrected chi connectivity index (χ2v) is 7.80. The third-order valence-corrected chi connectivity index (χ3v) is 4.63. The summed E-state index contributed by atoms with van der Waals surface area (Å²) in [6.07, 6.45) is 0. The molecule has 26 heavy (non-hydrogen) atoms. The topological polar surface area (TPSA) is 167 Å². The van der Waals surface area contributed by atoms with Crippen molar-refractivity contribution in [2.45, 2.75) is 23.6 Å². The van der Waals surface area contributed by atoms with Crippen molar-refractivity contribution in [3.63, 3.8) is 0 Å². The molecule has 0 N–H and O–H groups in total. The largest absolute Gasteiger partial charge is 0.744 e. The smallest absolute Gasteiger partial charge is 0.308 e. The molecule has 0 amide bonds. The van der Waals surface area contributed by atoms with E-state index in [1.807, 2.05) is 0 Å². The Morgan fingerprint density at radius 2 is 1.12 bits per heavy atom. The molecule has 2 aromatic rings. The lowest BCUT2D eigenvalue weighted by molar-refractivity contribution is -0.132. The monoisotopic (exact) mass is 402 g/mol. The molecule has 0 aliphatic carbocycles. The zero-order valence-corrected chi connectivity index (χ0v) is 14.8. The number of carbonyl (C=O) groups is 2. The number of benzene rings is 2. The van der Waals surface area contributed by atoms with E-state index in [0.29, 0.717) is 0 Å². The Balaban J connectivity index is 3.01. The molecule has 0 bridgehead atoms. The van der Waals surface area contributed by atoms with Gasteiger partial charge in [-0.15, -0.1) is 0 Å². The molecule has 0 aliphatic heterocycles. The van der Waals surface area contributed by atoms with E-state index in [9.17, 15) is 35.5 Å². The maximum Gasteiger partial charge on any atom is 0.308 e. The van der Waals surface area contributed by atoms with E-state index >= 15 is 0 Å². The summed E-state index contributed by atoms with van der Waals surface area (Å²) in [5.41, 5.74) is 0. The first-order chi connectivity index (χ1) is 11.8. The third kappa shape index (κ3) is 4.35. The minimum atomic E-state index is -5.01. The number of rotatable bonds is 4. The number of hydrogen-bond acceptors (Lipinski definition) is 10. The molecule has 0 heterocycles. The number of esters is 2. The summed E-state index contributed by atoms with van der Waals surface area (Å²) in [6, 6.07) is 2.99. The summed E-state index contributed by atoms with van der Waals surface area (Å²) < 4.78 is 77.5. The zero-order chi connectivity index (χ0) is 19.9. The summed E-state index contributed by atoms with van der Waals surface area (Å²) in [7, 11) is -10.0. The molecule has 2 aromatic carbocycles. The third-order valence-electron chi connectivity index (χ3n) is 3.01. The van der Waals surface area contributed by atoms with Gasteiger partial charge in [-0.1, -0.05) is 0 Å². The van der Waals surface area contributed by atoms with Gasteiger partial charge < -0.3 is 18.6 Å². The second-order valence-electron chi connectivity index (χ2n) is 5.04. The van der Waals surface area contributed by atoms with Gasteiger partial charge in [0.05, 0.1) is 15.2 Å². The summed E-state index contributed by atoms with van der Waals surface area (Å²) >= 11 is 0. The molecule has 140 valence electrons. The van der Waals surface area contributed by atoms with Crippen LogP contribution in [0.4, 0.5) is 0 Å². The highest BCUT2D eigenvalue weighted by molar-refractivity contribution is 7.86. The summed E-state index contributed by atoms with van der Waals surface area (Å²) in [6.45, 7) is 1.98.